The summed E-state index contributed by atoms with van der Waals surface area (Å²) in [7, 11) is 0. The van der Waals surface area contributed by atoms with Gasteiger partial charge in [-0.1, -0.05) is 65.7 Å². The number of carboxylic acids is 1. The summed E-state index contributed by atoms with van der Waals surface area (Å²) in [6, 6.07) is 17.8. The number of halogens is 4. The lowest BCUT2D eigenvalue weighted by Crippen LogP contribution is -2.54. The van der Waals surface area contributed by atoms with Crippen LogP contribution in [0.25, 0.3) is 11.1 Å². The first-order valence-corrected chi connectivity index (χ1v) is 12.9. The molecule has 3 aliphatic heterocycles. The number of alkyl halides is 2. The molecule has 0 unspecified atom stereocenters. The second-order valence-corrected chi connectivity index (χ2v) is 10.9. The summed E-state index contributed by atoms with van der Waals surface area (Å²) in [4.78, 5) is 41.4. The summed E-state index contributed by atoms with van der Waals surface area (Å²) in [6.45, 7) is -0.897. The average molecular weight is 572 g/mol. The number of hydrogen-bond donors (Lipinski definition) is 3. The molecule has 0 aliphatic carbocycles. The topological polar surface area (TPSA) is 98.7 Å². The fraction of sp³-hybridized carbons (Fsp3) is 0.250. The number of aliphatic carboxylic acids is 1. The van der Waals surface area contributed by atoms with E-state index in [1.807, 2.05) is 36.4 Å². The maximum Gasteiger partial charge on any atom is 0.310 e. The number of hydrogen-bond acceptors (Lipinski definition) is 4. The summed E-state index contributed by atoms with van der Waals surface area (Å²) < 4.78 is 29.8. The first-order valence-electron chi connectivity index (χ1n) is 12.2. The lowest BCUT2D eigenvalue weighted by atomic mass is 9.73. The van der Waals surface area contributed by atoms with Gasteiger partial charge in [-0.05, 0) is 35.4 Å². The number of nitrogens with zero attached hydrogens (tertiary/aromatic N) is 1. The number of amides is 2. The monoisotopic (exact) mass is 571 g/mol. The van der Waals surface area contributed by atoms with E-state index in [9.17, 15) is 28.3 Å². The predicted molar refractivity (Wildman–Crippen MR) is 142 cm³/mol. The Bertz CT molecular complexity index is 1540. The minimum absolute atomic E-state index is 0.0417. The van der Waals surface area contributed by atoms with Gasteiger partial charge in [-0.25, -0.2) is 8.78 Å². The zero-order valence-corrected chi connectivity index (χ0v) is 21.6. The third-order valence-corrected chi connectivity index (χ3v) is 8.36. The molecular formula is C28H21Cl2F2N3O4. The number of benzene rings is 3. The normalized spacial score (nSPS) is 26.8. The highest BCUT2D eigenvalue weighted by Crippen LogP contribution is 2.61. The highest BCUT2D eigenvalue weighted by Gasteiger charge is 2.74. The van der Waals surface area contributed by atoms with Crippen LogP contribution >= 0.6 is 23.2 Å². The number of nitrogens with one attached hydrogen (secondary N) is 2. The fourth-order valence-electron chi connectivity index (χ4n) is 6.43. The summed E-state index contributed by atoms with van der Waals surface area (Å²) in [5, 5.41) is 15.9. The Morgan fingerprint density at radius 1 is 1.03 bits per heavy atom. The lowest BCUT2D eigenvalue weighted by molar-refractivity contribution is -0.153. The van der Waals surface area contributed by atoms with E-state index >= 15 is 0 Å². The van der Waals surface area contributed by atoms with Crippen molar-refractivity contribution < 1.29 is 28.3 Å². The molecule has 7 nitrogen and oxygen atoms in total. The molecule has 6 rings (SSSR count). The highest BCUT2D eigenvalue weighted by molar-refractivity contribution is 6.38. The fourth-order valence-corrected chi connectivity index (χ4v) is 6.97. The van der Waals surface area contributed by atoms with Crippen LogP contribution in [-0.4, -0.2) is 46.3 Å². The lowest BCUT2D eigenvalue weighted by Gasteiger charge is -2.35. The summed E-state index contributed by atoms with van der Waals surface area (Å²) >= 11 is 12.5. The van der Waals surface area contributed by atoms with E-state index in [4.69, 9.17) is 23.2 Å². The molecule has 3 N–H and O–H groups in total. The third-order valence-electron chi connectivity index (χ3n) is 7.84. The van der Waals surface area contributed by atoms with Crippen molar-refractivity contribution in [2.24, 2.45) is 11.8 Å². The van der Waals surface area contributed by atoms with Crippen molar-refractivity contribution in [3.05, 3.63) is 82.3 Å². The van der Waals surface area contributed by atoms with Crippen molar-refractivity contribution in [2.75, 3.05) is 17.2 Å². The molecule has 2 saturated heterocycles. The minimum atomic E-state index is -3.25. The van der Waals surface area contributed by atoms with Gasteiger partial charge in [0.1, 0.15) is 11.5 Å². The van der Waals surface area contributed by atoms with E-state index in [2.05, 4.69) is 10.6 Å². The third kappa shape index (κ3) is 3.91. The van der Waals surface area contributed by atoms with Gasteiger partial charge in [0, 0.05) is 28.7 Å². The Morgan fingerprint density at radius 2 is 1.74 bits per heavy atom. The Balaban J connectivity index is 1.45. The van der Waals surface area contributed by atoms with Crippen LogP contribution in [0.1, 0.15) is 12.0 Å². The highest BCUT2D eigenvalue weighted by atomic mass is 35.5. The number of carbonyl (C=O) groups is 3. The molecule has 3 heterocycles. The Labute approximate surface area is 231 Å². The molecule has 39 heavy (non-hydrogen) atoms. The molecule has 2 fully saturated rings. The standard InChI is InChI=1S/C28H21Cl2F2N3O4/c29-16-10-18-23(19(30)11-16)34-26(39)28(18)22(25(37)38)21(20-12-27(31,32)13-35(20)28)24(36)33-17-8-4-7-15(9-17)14-5-2-1-3-6-14/h1-11,20-22H,12-13H2,(H,33,36)(H,34,39)(H,37,38)/t20-,21+,22-,28+/m1/s1. The molecule has 11 heteroatoms. The van der Waals surface area contributed by atoms with Gasteiger partial charge in [-0.15, -0.1) is 0 Å². The van der Waals surface area contributed by atoms with Gasteiger partial charge in [0.15, 0.2) is 0 Å². The molecule has 4 atom stereocenters. The first-order chi connectivity index (χ1) is 18.5. The molecule has 0 aromatic heterocycles. The van der Waals surface area contributed by atoms with E-state index < -0.39 is 60.1 Å². The van der Waals surface area contributed by atoms with Crippen LogP contribution in [0.5, 0.6) is 0 Å². The molecule has 3 aromatic carbocycles. The van der Waals surface area contributed by atoms with Gasteiger partial charge in [-0.3, -0.25) is 19.3 Å². The quantitative estimate of drug-likeness (QED) is 0.385. The van der Waals surface area contributed by atoms with E-state index in [-0.39, 0.29) is 21.3 Å². The first kappa shape index (κ1) is 25.7. The summed E-state index contributed by atoms with van der Waals surface area (Å²) in [5.41, 5.74) is 0.128. The van der Waals surface area contributed by atoms with Crippen molar-refractivity contribution in [1.82, 2.24) is 4.90 Å². The smallest absolute Gasteiger partial charge is 0.310 e. The van der Waals surface area contributed by atoms with Crippen LogP contribution in [0.2, 0.25) is 10.0 Å². The van der Waals surface area contributed by atoms with Gasteiger partial charge in [0.25, 0.3) is 11.8 Å². The molecule has 0 saturated carbocycles. The van der Waals surface area contributed by atoms with Crippen LogP contribution in [0, 0.1) is 11.8 Å². The maximum atomic E-state index is 14.9. The number of anilines is 2. The minimum Gasteiger partial charge on any atom is -0.481 e. The Hall–Kier alpha value is -3.53. The SMILES string of the molecule is O=C(Nc1cccc(-c2ccccc2)c1)[C@H]1[C@H]2CC(F)(F)CN2[C@]2(C(=O)Nc3c(Cl)cc(Cl)cc32)[C@H]1C(=O)O. The zero-order valence-electron chi connectivity index (χ0n) is 20.1. The van der Waals surface area contributed by atoms with Crippen molar-refractivity contribution in [1.29, 1.82) is 0 Å². The van der Waals surface area contributed by atoms with Gasteiger partial charge in [0.05, 0.1) is 23.2 Å². The molecule has 0 bridgehead atoms. The zero-order chi connectivity index (χ0) is 27.7. The second kappa shape index (κ2) is 9.01. The molecule has 3 aliphatic rings. The van der Waals surface area contributed by atoms with Crippen molar-refractivity contribution >= 4 is 52.4 Å². The van der Waals surface area contributed by atoms with E-state index in [1.54, 1.807) is 18.2 Å². The molecule has 0 radical (unpaired) electrons. The van der Waals surface area contributed by atoms with Gasteiger partial charge < -0.3 is 15.7 Å². The van der Waals surface area contributed by atoms with Crippen molar-refractivity contribution in [3.63, 3.8) is 0 Å². The molecule has 3 aromatic rings. The largest absolute Gasteiger partial charge is 0.481 e. The van der Waals surface area contributed by atoms with Crippen LogP contribution < -0.4 is 10.6 Å². The number of fused-ring (bicyclic) bond motifs is 4. The van der Waals surface area contributed by atoms with E-state index in [0.29, 0.717) is 5.69 Å². The van der Waals surface area contributed by atoms with Gasteiger partial charge >= 0.3 is 5.97 Å². The Morgan fingerprint density at radius 3 is 2.46 bits per heavy atom. The molecular weight excluding hydrogens is 551 g/mol. The number of carbonyl (C=O) groups excluding carboxylic acids is 2. The summed E-state index contributed by atoms with van der Waals surface area (Å²) in [6.07, 6.45) is -0.780. The van der Waals surface area contributed by atoms with Crippen LogP contribution in [0.4, 0.5) is 20.2 Å². The van der Waals surface area contributed by atoms with Gasteiger partial charge in [-0.2, -0.15) is 0 Å². The molecule has 2 amide bonds. The van der Waals surface area contributed by atoms with Crippen LogP contribution in [0.3, 0.4) is 0 Å². The van der Waals surface area contributed by atoms with Crippen LogP contribution in [0.15, 0.2) is 66.7 Å². The average Bonchev–Trinajstić information content (AvgIpc) is 3.45. The van der Waals surface area contributed by atoms with E-state index in [1.165, 1.54) is 12.1 Å². The summed E-state index contributed by atoms with van der Waals surface area (Å²) in [5.74, 6) is -9.50. The van der Waals surface area contributed by atoms with Crippen molar-refractivity contribution in [3.8, 4) is 11.1 Å². The second-order valence-electron chi connectivity index (χ2n) is 10.1. The number of rotatable bonds is 4. The van der Waals surface area contributed by atoms with Gasteiger partial charge in [0.2, 0.25) is 5.91 Å². The Kier molecular flexibility index (Phi) is 5.94. The maximum absolute atomic E-state index is 14.9. The van der Waals surface area contributed by atoms with Crippen LogP contribution in [-0.2, 0) is 19.9 Å². The van der Waals surface area contributed by atoms with E-state index in [0.717, 1.165) is 16.0 Å². The van der Waals surface area contributed by atoms with Crippen molar-refractivity contribution in [2.45, 2.75) is 23.9 Å². The number of carboxylic acid groups (broad SMARTS) is 1. The molecule has 200 valence electrons. The molecule has 1 spiro atoms. The predicted octanol–water partition coefficient (Wildman–Crippen LogP) is 5.49.